The van der Waals surface area contributed by atoms with Gasteiger partial charge < -0.3 is 14.4 Å². The Morgan fingerprint density at radius 1 is 1.12 bits per heavy atom. The van der Waals surface area contributed by atoms with E-state index in [9.17, 15) is 9.59 Å². The lowest BCUT2D eigenvalue weighted by molar-refractivity contribution is -0.124. The molecule has 1 aliphatic heterocycles. The average Bonchev–Trinajstić information content (AvgIpc) is 3.04. The molecular weight excluding hydrogens is 314 g/mol. The van der Waals surface area contributed by atoms with Crippen LogP contribution < -0.4 is 9.64 Å². The molecule has 25 heavy (non-hydrogen) atoms. The van der Waals surface area contributed by atoms with Crippen LogP contribution in [0, 0.1) is 0 Å². The highest BCUT2D eigenvalue weighted by Crippen LogP contribution is 2.28. The van der Waals surface area contributed by atoms with Crippen molar-refractivity contribution in [1.82, 2.24) is 0 Å². The molecule has 0 N–H and O–H groups in total. The third-order valence-electron chi connectivity index (χ3n) is 4.50. The summed E-state index contributed by atoms with van der Waals surface area (Å²) in [6, 6.07) is 15.6. The molecule has 0 saturated heterocycles. The molecule has 1 amide bonds. The molecule has 0 aliphatic carbocycles. The zero-order chi connectivity index (χ0) is 17.8. The summed E-state index contributed by atoms with van der Waals surface area (Å²) in [5.41, 5.74) is 3.29. The van der Waals surface area contributed by atoms with E-state index < -0.39 is 6.10 Å². The molecule has 4 heteroatoms. The molecule has 2 aromatic carbocycles. The van der Waals surface area contributed by atoms with E-state index in [-0.39, 0.29) is 11.7 Å². The van der Waals surface area contributed by atoms with Gasteiger partial charge in [-0.1, -0.05) is 30.3 Å². The molecule has 1 atom stereocenters. The Hall–Kier alpha value is -2.62. The van der Waals surface area contributed by atoms with Crippen molar-refractivity contribution in [2.75, 3.05) is 11.4 Å². The number of Topliss-reactive ketones (excluding diaryl/α,β-unsaturated/α-hetero) is 1. The summed E-state index contributed by atoms with van der Waals surface area (Å²) in [5.74, 6) is 0.830. The van der Waals surface area contributed by atoms with E-state index in [1.54, 1.807) is 18.7 Å². The van der Waals surface area contributed by atoms with Gasteiger partial charge in [-0.2, -0.15) is 0 Å². The molecule has 3 rings (SSSR count). The lowest BCUT2D eigenvalue weighted by atomic mass is 10.1. The van der Waals surface area contributed by atoms with Gasteiger partial charge in [0.05, 0.1) is 0 Å². The third kappa shape index (κ3) is 4.08. The Morgan fingerprint density at radius 2 is 1.84 bits per heavy atom. The fourth-order valence-corrected chi connectivity index (χ4v) is 3.10. The summed E-state index contributed by atoms with van der Waals surface area (Å²) in [5, 5.41) is 0. The predicted molar refractivity (Wildman–Crippen MR) is 98.0 cm³/mol. The van der Waals surface area contributed by atoms with Crippen molar-refractivity contribution in [3.05, 3.63) is 59.7 Å². The minimum atomic E-state index is -0.547. The van der Waals surface area contributed by atoms with E-state index in [1.807, 2.05) is 42.5 Å². The van der Waals surface area contributed by atoms with Crippen molar-refractivity contribution in [3.8, 4) is 5.75 Å². The minimum absolute atomic E-state index is 0.0226. The minimum Gasteiger partial charge on any atom is -0.481 e. The molecule has 0 spiro atoms. The molecule has 2 aromatic rings. The number of carbonyl (C=O) groups excluding carboxylic acids is 2. The number of aryl methyl sites for hydroxylation is 1. The van der Waals surface area contributed by atoms with Gasteiger partial charge in [0.2, 0.25) is 0 Å². The number of ether oxygens (including phenoxy) is 1. The smallest absolute Gasteiger partial charge is 0.267 e. The van der Waals surface area contributed by atoms with Crippen LogP contribution in [0.3, 0.4) is 0 Å². The van der Waals surface area contributed by atoms with Gasteiger partial charge in [-0.05, 0) is 56.0 Å². The topological polar surface area (TPSA) is 46.6 Å². The molecule has 130 valence electrons. The van der Waals surface area contributed by atoms with Gasteiger partial charge in [-0.25, -0.2) is 0 Å². The molecule has 0 radical (unpaired) electrons. The largest absolute Gasteiger partial charge is 0.481 e. The number of carbonyl (C=O) groups is 2. The third-order valence-corrected chi connectivity index (χ3v) is 4.50. The Kier molecular flexibility index (Phi) is 5.17. The second-order valence-electron chi connectivity index (χ2n) is 6.47. The molecule has 0 fully saturated rings. The van der Waals surface area contributed by atoms with Gasteiger partial charge in [0, 0.05) is 18.7 Å². The monoisotopic (exact) mass is 337 g/mol. The van der Waals surface area contributed by atoms with E-state index in [0.717, 1.165) is 24.1 Å². The molecule has 1 heterocycles. The average molecular weight is 337 g/mol. The predicted octanol–water partition coefficient (Wildman–Crippen LogP) is 3.56. The van der Waals surface area contributed by atoms with E-state index in [4.69, 9.17) is 4.74 Å². The van der Waals surface area contributed by atoms with Crippen molar-refractivity contribution in [1.29, 1.82) is 0 Å². The van der Waals surface area contributed by atoms with E-state index in [0.29, 0.717) is 18.7 Å². The van der Waals surface area contributed by atoms with Crippen LogP contribution in [0.2, 0.25) is 0 Å². The number of amides is 1. The summed E-state index contributed by atoms with van der Waals surface area (Å²) >= 11 is 0. The number of rotatable bonds is 6. The first kappa shape index (κ1) is 17.2. The highest BCUT2D eigenvalue weighted by Gasteiger charge is 2.28. The number of anilines is 1. The van der Waals surface area contributed by atoms with Crippen molar-refractivity contribution in [2.24, 2.45) is 0 Å². The SMILES string of the molecule is CC(=O)CCc1ccc(OC(C)C(=O)N2CCc3ccccc32)cc1. The van der Waals surface area contributed by atoms with Crippen LogP contribution in [0.15, 0.2) is 48.5 Å². The van der Waals surface area contributed by atoms with Crippen LogP contribution >= 0.6 is 0 Å². The molecule has 1 aliphatic rings. The lowest BCUT2D eigenvalue weighted by Gasteiger charge is -2.22. The normalized spacial score (nSPS) is 14.1. The first-order valence-electron chi connectivity index (χ1n) is 8.69. The fraction of sp³-hybridized carbons (Fsp3) is 0.333. The summed E-state index contributed by atoms with van der Waals surface area (Å²) < 4.78 is 5.83. The number of benzene rings is 2. The number of fused-ring (bicyclic) bond motifs is 1. The van der Waals surface area contributed by atoms with Crippen LogP contribution in [0.4, 0.5) is 5.69 Å². The van der Waals surface area contributed by atoms with Gasteiger partial charge in [-0.15, -0.1) is 0 Å². The number of hydrogen-bond acceptors (Lipinski definition) is 3. The maximum atomic E-state index is 12.7. The number of ketones is 1. The van der Waals surface area contributed by atoms with Gasteiger partial charge in [0.15, 0.2) is 6.10 Å². The van der Waals surface area contributed by atoms with Crippen LogP contribution in [0.1, 0.15) is 31.4 Å². The van der Waals surface area contributed by atoms with E-state index in [1.165, 1.54) is 5.56 Å². The Balaban J connectivity index is 1.61. The van der Waals surface area contributed by atoms with Crippen LogP contribution in [0.5, 0.6) is 5.75 Å². The van der Waals surface area contributed by atoms with Crippen molar-refractivity contribution in [3.63, 3.8) is 0 Å². The maximum Gasteiger partial charge on any atom is 0.267 e. The van der Waals surface area contributed by atoms with Gasteiger partial charge in [-0.3, -0.25) is 4.79 Å². The standard InChI is InChI=1S/C21H23NO3/c1-15(23)7-8-17-9-11-19(12-10-17)25-16(2)21(24)22-14-13-18-5-3-4-6-20(18)22/h3-6,9-12,16H,7-8,13-14H2,1-2H3. The van der Waals surface area contributed by atoms with Crippen LogP contribution in [-0.2, 0) is 22.4 Å². The van der Waals surface area contributed by atoms with Crippen LogP contribution in [-0.4, -0.2) is 24.3 Å². The first-order chi connectivity index (χ1) is 12.0. The first-order valence-corrected chi connectivity index (χ1v) is 8.69. The van der Waals surface area contributed by atoms with E-state index >= 15 is 0 Å². The highest BCUT2D eigenvalue weighted by molar-refractivity contribution is 5.98. The number of hydrogen-bond donors (Lipinski definition) is 0. The highest BCUT2D eigenvalue weighted by atomic mass is 16.5. The second kappa shape index (κ2) is 7.51. The molecule has 0 bridgehead atoms. The molecular formula is C21H23NO3. The summed E-state index contributed by atoms with van der Waals surface area (Å²) in [6.45, 7) is 4.09. The van der Waals surface area contributed by atoms with E-state index in [2.05, 4.69) is 6.07 Å². The molecule has 4 nitrogen and oxygen atoms in total. The summed E-state index contributed by atoms with van der Waals surface area (Å²) in [6.07, 6.45) is 1.62. The second-order valence-corrected chi connectivity index (χ2v) is 6.47. The summed E-state index contributed by atoms with van der Waals surface area (Å²) in [4.78, 5) is 25.6. The van der Waals surface area contributed by atoms with Gasteiger partial charge >= 0.3 is 0 Å². The van der Waals surface area contributed by atoms with Crippen molar-refractivity contribution in [2.45, 2.75) is 39.2 Å². The summed E-state index contributed by atoms with van der Waals surface area (Å²) in [7, 11) is 0. The molecule has 1 unspecified atom stereocenters. The maximum absolute atomic E-state index is 12.7. The van der Waals surface area contributed by atoms with Crippen LogP contribution in [0.25, 0.3) is 0 Å². The Bertz CT molecular complexity index is 767. The quantitative estimate of drug-likeness (QED) is 0.810. The fourth-order valence-electron chi connectivity index (χ4n) is 3.10. The zero-order valence-corrected chi connectivity index (χ0v) is 14.7. The lowest BCUT2D eigenvalue weighted by Crippen LogP contribution is -2.39. The Morgan fingerprint density at radius 3 is 2.56 bits per heavy atom. The zero-order valence-electron chi connectivity index (χ0n) is 14.7. The van der Waals surface area contributed by atoms with Crippen molar-refractivity contribution >= 4 is 17.4 Å². The van der Waals surface area contributed by atoms with Gasteiger partial charge in [0.1, 0.15) is 11.5 Å². The van der Waals surface area contributed by atoms with Crippen molar-refractivity contribution < 1.29 is 14.3 Å². The number of para-hydroxylation sites is 1. The molecule has 0 saturated carbocycles. The number of nitrogens with zero attached hydrogens (tertiary/aromatic N) is 1. The van der Waals surface area contributed by atoms with Gasteiger partial charge in [0.25, 0.3) is 5.91 Å². The molecule has 0 aromatic heterocycles. The Labute approximate surface area is 148 Å².